The van der Waals surface area contributed by atoms with Crippen molar-refractivity contribution in [1.82, 2.24) is 14.8 Å². The monoisotopic (exact) mass is 514 g/mol. The van der Waals surface area contributed by atoms with Crippen molar-refractivity contribution in [3.63, 3.8) is 0 Å². The highest BCUT2D eigenvalue weighted by Crippen LogP contribution is 2.74. The number of carbonyl (C=O) groups excluding carboxylic acids is 2. The number of ketones is 2. The molecule has 0 aromatic carbocycles. The predicted molar refractivity (Wildman–Crippen MR) is 145 cm³/mol. The predicted octanol–water partition coefficient (Wildman–Crippen LogP) is 6.56. The molecule has 5 aliphatic carbocycles. The van der Waals surface area contributed by atoms with Crippen LogP contribution < -0.4 is 0 Å². The molecule has 3 saturated carbocycles. The largest absolute Gasteiger partial charge is 0.314 e. The maximum Gasteiger partial charge on any atom is 0.226 e. The highest BCUT2D eigenvalue weighted by atomic mass is 16.1. The third-order valence-corrected chi connectivity index (χ3v) is 13.1. The van der Waals surface area contributed by atoms with Crippen LogP contribution in [0.5, 0.6) is 0 Å². The van der Waals surface area contributed by atoms with Gasteiger partial charge in [0.1, 0.15) is 12.7 Å². The quantitative estimate of drug-likeness (QED) is 0.398. The van der Waals surface area contributed by atoms with E-state index in [0.717, 1.165) is 44.9 Å². The van der Waals surface area contributed by atoms with Crippen molar-refractivity contribution in [2.24, 2.45) is 44.8 Å². The first-order valence-electron chi connectivity index (χ1n) is 14.4. The molecule has 1 aromatic heterocycles. The Bertz CT molecular complexity index is 1330. The Morgan fingerprint density at radius 3 is 2.26 bits per heavy atom. The van der Waals surface area contributed by atoms with Gasteiger partial charge in [-0.25, -0.2) is 4.85 Å². The Kier molecular flexibility index (Phi) is 5.11. The van der Waals surface area contributed by atoms with Crippen molar-refractivity contribution in [2.45, 2.75) is 99.0 Å². The van der Waals surface area contributed by atoms with Crippen LogP contribution in [0.15, 0.2) is 36.1 Å². The third kappa shape index (κ3) is 2.94. The number of hydrogen-bond donors (Lipinski definition) is 0. The van der Waals surface area contributed by atoms with Crippen LogP contribution in [0.2, 0.25) is 0 Å². The van der Waals surface area contributed by atoms with Crippen LogP contribution in [-0.4, -0.2) is 26.3 Å². The molecule has 6 rings (SSSR count). The molecule has 0 saturated heterocycles. The number of carbonyl (C=O) groups is 2. The van der Waals surface area contributed by atoms with E-state index in [1.54, 1.807) is 0 Å². The lowest BCUT2D eigenvalue weighted by Gasteiger charge is -2.69. The van der Waals surface area contributed by atoms with Gasteiger partial charge in [0.05, 0.1) is 6.57 Å². The van der Waals surface area contributed by atoms with E-state index in [0.29, 0.717) is 0 Å². The minimum absolute atomic E-state index is 0.0335. The molecule has 8 atom stereocenters. The average Bonchev–Trinajstić information content (AvgIpc) is 3.40. The SMILES string of the molecule is [C-]#[N+]C1=C[C@]2(C)C3=CC(=O)[C@@H]4[C@@H]5C[C@@](C)(n6cnnc6)CC[C@]5(C)CC[C@@]4(C)[C@]3(C)CC[C@H]2C(C)(C)C1=O. The summed E-state index contributed by atoms with van der Waals surface area (Å²) in [6.07, 6.45) is 14.8. The summed E-state index contributed by atoms with van der Waals surface area (Å²) in [5.41, 5.74) is 0.0335. The molecule has 0 amide bonds. The molecule has 0 bridgehead atoms. The Morgan fingerprint density at radius 2 is 1.61 bits per heavy atom. The van der Waals surface area contributed by atoms with Crippen molar-refractivity contribution >= 4 is 11.6 Å². The zero-order valence-electron chi connectivity index (χ0n) is 24.1. The molecule has 202 valence electrons. The molecule has 0 spiro atoms. The zero-order chi connectivity index (χ0) is 27.5. The van der Waals surface area contributed by atoms with Gasteiger partial charge in [0, 0.05) is 22.3 Å². The van der Waals surface area contributed by atoms with Crippen LogP contribution in [0.25, 0.3) is 4.85 Å². The second-order valence-electron chi connectivity index (χ2n) is 15.1. The molecule has 6 nitrogen and oxygen atoms in total. The maximum absolute atomic E-state index is 14.5. The second kappa shape index (κ2) is 7.55. The number of Topliss-reactive ketones (excluding diaryl/α,β-unsaturated/α-hetero) is 1. The van der Waals surface area contributed by atoms with Gasteiger partial charge in [0.2, 0.25) is 5.70 Å². The van der Waals surface area contributed by atoms with Gasteiger partial charge in [-0.2, -0.15) is 0 Å². The van der Waals surface area contributed by atoms with Gasteiger partial charge >= 0.3 is 0 Å². The first-order chi connectivity index (χ1) is 17.7. The molecule has 0 aliphatic heterocycles. The van der Waals surface area contributed by atoms with Gasteiger partial charge in [-0.3, -0.25) is 4.79 Å². The average molecular weight is 515 g/mol. The molecule has 0 radical (unpaired) electrons. The van der Waals surface area contributed by atoms with E-state index < -0.39 is 10.8 Å². The number of allylic oxidation sites excluding steroid dienone is 4. The molecule has 5 aliphatic rings. The van der Waals surface area contributed by atoms with Gasteiger partial charge in [-0.15, -0.1) is 10.2 Å². The zero-order valence-corrected chi connectivity index (χ0v) is 24.1. The highest BCUT2D eigenvalue weighted by Gasteiger charge is 2.69. The van der Waals surface area contributed by atoms with E-state index in [-0.39, 0.29) is 56.8 Å². The molecular weight excluding hydrogens is 472 g/mol. The minimum Gasteiger partial charge on any atom is -0.314 e. The molecule has 38 heavy (non-hydrogen) atoms. The summed E-state index contributed by atoms with van der Waals surface area (Å²) < 4.78 is 2.17. The lowest BCUT2D eigenvalue weighted by atomic mass is 9.34. The van der Waals surface area contributed by atoms with E-state index in [2.05, 4.69) is 54.2 Å². The van der Waals surface area contributed by atoms with Gasteiger partial charge in [-0.1, -0.05) is 53.2 Å². The first-order valence-corrected chi connectivity index (χ1v) is 14.4. The van der Waals surface area contributed by atoms with E-state index in [4.69, 9.17) is 6.57 Å². The van der Waals surface area contributed by atoms with Gasteiger partial charge < -0.3 is 9.36 Å². The lowest BCUT2D eigenvalue weighted by Crippen LogP contribution is -2.64. The van der Waals surface area contributed by atoms with Gasteiger partial charge in [0.15, 0.2) is 11.6 Å². The third-order valence-electron chi connectivity index (χ3n) is 13.1. The minimum atomic E-state index is -0.624. The molecule has 1 heterocycles. The Balaban J connectivity index is 1.49. The summed E-state index contributed by atoms with van der Waals surface area (Å²) in [5.74, 6) is 0.552. The maximum atomic E-state index is 14.5. The van der Waals surface area contributed by atoms with Crippen molar-refractivity contribution in [3.05, 3.63) is 47.5 Å². The summed E-state index contributed by atoms with van der Waals surface area (Å²) in [5, 5.41) is 8.20. The molecule has 0 N–H and O–H groups in total. The Hall–Kier alpha value is -2.55. The van der Waals surface area contributed by atoms with Crippen molar-refractivity contribution in [3.8, 4) is 0 Å². The fraction of sp³-hybridized carbons (Fsp3) is 0.719. The van der Waals surface area contributed by atoms with E-state index >= 15 is 0 Å². The number of hydrogen-bond acceptors (Lipinski definition) is 4. The van der Waals surface area contributed by atoms with Crippen LogP contribution in [-0.2, 0) is 15.1 Å². The fourth-order valence-electron chi connectivity index (χ4n) is 10.4. The standard InChI is InChI=1S/C32H42N4O2/c1-27(2)23-9-10-31(6)24(30(23,5)17-21(33-8)26(27)38)15-22(37)25-20-16-29(4,36-18-34-35-19-36)13-11-28(20,3)12-14-32(25,31)7/h15,17-20,23,25H,9-14,16H2,1-7H3/t20-,23-,25-,28+,29-,30-,31+,32+/m0/s1. The van der Waals surface area contributed by atoms with Crippen LogP contribution >= 0.6 is 0 Å². The molecule has 3 fully saturated rings. The highest BCUT2D eigenvalue weighted by molar-refractivity contribution is 6.03. The number of fused-ring (bicyclic) bond motifs is 7. The Labute approximate surface area is 227 Å². The van der Waals surface area contributed by atoms with Crippen LogP contribution in [0, 0.1) is 51.4 Å². The van der Waals surface area contributed by atoms with Gasteiger partial charge in [0.25, 0.3) is 0 Å². The van der Waals surface area contributed by atoms with Crippen LogP contribution in [0.3, 0.4) is 0 Å². The normalized spacial score (nSPS) is 47.5. The number of nitrogens with zero attached hydrogens (tertiary/aromatic N) is 4. The molecular formula is C32H42N4O2. The van der Waals surface area contributed by atoms with Crippen molar-refractivity contribution < 1.29 is 9.59 Å². The van der Waals surface area contributed by atoms with E-state index in [9.17, 15) is 9.59 Å². The molecule has 1 aromatic rings. The topological polar surface area (TPSA) is 69.2 Å². The van der Waals surface area contributed by atoms with Crippen molar-refractivity contribution in [1.29, 1.82) is 0 Å². The summed E-state index contributed by atoms with van der Waals surface area (Å²) in [4.78, 5) is 31.4. The van der Waals surface area contributed by atoms with Gasteiger partial charge in [-0.05, 0) is 86.0 Å². The molecule has 6 heteroatoms. The first kappa shape index (κ1) is 25.7. The second-order valence-corrected chi connectivity index (χ2v) is 15.1. The summed E-state index contributed by atoms with van der Waals surface area (Å²) in [7, 11) is 0. The number of rotatable bonds is 1. The fourth-order valence-corrected chi connectivity index (χ4v) is 10.4. The molecule has 0 unspecified atom stereocenters. The summed E-state index contributed by atoms with van der Waals surface area (Å²) >= 11 is 0. The summed E-state index contributed by atoms with van der Waals surface area (Å²) in [6.45, 7) is 23.5. The summed E-state index contributed by atoms with van der Waals surface area (Å²) in [6, 6.07) is 0. The van der Waals surface area contributed by atoms with Crippen molar-refractivity contribution in [2.75, 3.05) is 0 Å². The van der Waals surface area contributed by atoms with E-state index in [1.807, 2.05) is 38.7 Å². The lowest BCUT2D eigenvalue weighted by molar-refractivity contribution is -0.168. The van der Waals surface area contributed by atoms with E-state index in [1.165, 1.54) is 5.57 Å². The van der Waals surface area contributed by atoms with Crippen LogP contribution in [0.4, 0.5) is 0 Å². The number of aromatic nitrogens is 3. The van der Waals surface area contributed by atoms with Crippen LogP contribution in [0.1, 0.15) is 93.4 Å². The Morgan fingerprint density at radius 1 is 0.947 bits per heavy atom. The smallest absolute Gasteiger partial charge is 0.226 e.